The van der Waals surface area contributed by atoms with Crippen LogP contribution in [0.3, 0.4) is 0 Å². The van der Waals surface area contributed by atoms with Crippen molar-refractivity contribution in [1.29, 1.82) is 0 Å². The van der Waals surface area contributed by atoms with Crippen LogP contribution in [0.4, 0.5) is 15.6 Å². The number of thiazole rings is 2. The highest BCUT2D eigenvalue weighted by atomic mass is 32.1. The molecule has 1 saturated heterocycles. The van der Waals surface area contributed by atoms with Crippen molar-refractivity contribution in [3.8, 4) is 21.6 Å². The first-order chi connectivity index (χ1) is 31.6. The normalized spacial score (nSPS) is 15.3. The number of likely N-dealkylation sites (tertiary alicyclic amines) is 1. The number of pyridine rings is 1. The fourth-order valence-electron chi connectivity index (χ4n) is 7.96. The van der Waals surface area contributed by atoms with Crippen molar-refractivity contribution in [3.63, 3.8) is 0 Å². The van der Waals surface area contributed by atoms with E-state index in [1.165, 1.54) is 23.3 Å². The van der Waals surface area contributed by atoms with Crippen molar-refractivity contribution in [1.82, 2.24) is 30.5 Å². The van der Waals surface area contributed by atoms with Gasteiger partial charge in [0.2, 0.25) is 23.6 Å². The minimum absolute atomic E-state index is 0.0256. The first-order valence-corrected chi connectivity index (χ1v) is 24.4. The zero-order chi connectivity index (χ0) is 47.4. The van der Waals surface area contributed by atoms with Gasteiger partial charge in [0.15, 0.2) is 5.13 Å². The first-order valence-electron chi connectivity index (χ1n) is 22.7. The molecule has 352 valence electrons. The number of carbonyl (C=O) groups excluding carboxylic acids is 5. The second kappa shape index (κ2) is 23.1. The highest BCUT2D eigenvalue weighted by Gasteiger charge is 2.44. The monoisotopic (exact) mass is 938 g/mol. The van der Waals surface area contributed by atoms with Gasteiger partial charge in [-0.2, -0.15) is 0 Å². The number of aromatic nitrogens is 3. The number of hydrogen-bond donors (Lipinski definition) is 5. The molecular formula is C49H62N8O7S2. The van der Waals surface area contributed by atoms with Gasteiger partial charge in [0, 0.05) is 44.1 Å². The number of nitrogens with zero attached hydrogens (tertiary/aromatic N) is 4. The van der Waals surface area contributed by atoms with Crippen molar-refractivity contribution in [2.45, 2.75) is 130 Å². The number of unbranched alkanes of at least 4 members (excludes halogenated alkanes) is 7. The van der Waals surface area contributed by atoms with Gasteiger partial charge in [-0.25, -0.2) is 14.8 Å². The topological polar surface area (TPSA) is 205 Å². The standard InChI is InChI=1S/C49H62N8O7S2/c1-30-38(54-48(63)64-6)23-35(27-50-30)34-21-22-37-40(24-34)66-47(53-37)56-42(60)16-14-12-10-8-7-9-11-13-15-41(59)55-44(49(3,4)5)46(62)57-28-36(58)25-39(57)45(61)51-26-32-17-19-33(20-18-32)43-31(2)52-29-65-43/h17-24,27,29,36,39,44,58H,7-16,25-26,28H2,1-6H3,(H,51,61)(H,54,63)(H,55,59)(H,53,56,60)/t36-,39+,44-/m1/s1. The molecule has 66 heavy (non-hydrogen) atoms. The molecule has 3 atom stereocenters. The van der Waals surface area contributed by atoms with Crippen LogP contribution < -0.4 is 21.3 Å². The Bertz CT molecular complexity index is 2480. The molecule has 5 amide bonds. The van der Waals surface area contributed by atoms with E-state index in [4.69, 9.17) is 4.74 Å². The van der Waals surface area contributed by atoms with E-state index in [-0.39, 0.29) is 43.1 Å². The lowest BCUT2D eigenvalue weighted by molar-refractivity contribution is -0.144. The lowest BCUT2D eigenvalue weighted by atomic mass is 9.85. The van der Waals surface area contributed by atoms with Crippen molar-refractivity contribution in [2.24, 2.45) is 5.41 Å². The van der Waals surface area contributed by atoms with Crippen LogP contribution in [0.15, 0.2) is 60.2 Å². The van der Waals surface area contributed by atoms with E-state index in [9.17, 15) is 29.1 Å². The number of aryl methyl sites for hydroxylation is 2. The average Bonchev–Trinajstić information content (AvgIpc) is 4.02. The smallest absolute Gasteiger partial charge is 0.411 e. The highest BCUT2D eigenvalue weighted by Crippen LogP contribution is 2.33. The summed E-state index contributed by atoms with van der Waals surface area (Å²) in [4.78, 5) is 80.9. The molecule has 1 aliphatic rings. The van der Waals surface area contributed by atoms with Gasteiger partial charge in [0.05, 0.1) is 50.9 Å². The molecular weight excluding hydrogens is 877 g/mol. The van der Waals surface area contributed by atoms with Crippen LogP contribution in [0.5, 0.6) is 0 Å². The second-order valence-corrected chi connectivity index (χ2v) is 19.9. The number of amides is 5. The van der Waals surface area contributed by atoms with Crippen LogP contribution in [0.1, 0.15) is 108 Å². The van der Waals surface area contributed by atoms with Crippen LogP contribution in [0.25, 0.3) is 31.8 Å². The Labute approximate surface area is 394 Å². The Morgan fingerprint density at radius 3 is 2.15 bits per heavy atom. The van der Waals surface area contributed by atoms with Crippen LogP contribution in [0, 0.1) is 19.3 Å². The summed E-state index contributed by atoms with van der Waals surface area (Å²) in [7, 11) is 1.31. The van der Waals surface area contributed by atoms with Crippen LogP contribution in [0.2, 0.25) is 0 Å². The molecule has 0 unspecified atom stereocenters. The average molecular weight is 939 g/mol. The molecule has 0 spiro atoms. The maximum absolute atomic E-state index is 14.0. The lowest BCUT2D eigenvalue weighted by Crippen LogP contribution is -2.57. The lowest BCUT2D eigenvalue weighted by Gasteiger charge is -2.35. The van der Waals surface area contributed by atoms with Gasteiger partial charge in [0.25, 0.3) is 0 Å². The maximum Gasteiger partial charge on any atom is 0.411 e. The summed E-state index contributed by atoms with van der Waals surface area (Å²) < 4.78 is 5.64. The van der Waals surface area contributed by atoms with Gasteiger partial charge in [-0.05, 0) is 67.0 Å². The van der Waals surface area contributed by atoms with Gasteiger partial charge in [-0.3, -0.25) is 29.5 Å². The molecule has 3 aromatic heterocycles. The maximum atomic E-state index is 14.0. The molecule has 17 heteroatoms. The molecule has 0 radical (unpaired) electrons. The van der Waals surface area contributed by atoms with Crippen molar-refractivity contribution < 1.29 is 33.8 Å². The molecule has 15 nitrogen and oxygen atoms in total. The van der Waals surface area contributed by atoms with Gasteiger partial charge in [0.1, 0.15) is 12.1 Å². The van der Waals surface area contributed by atoms with E-state index in [0.717, 1.165) is 88.0 Å². The van der Waals surface area contributed by atoms with Gasteiger partial charge in [-0.1, -0.05) is 101 Å². The summed E-state index contributed by atoms with van der Waals surface area (Å²) in [6, 6.07) is 13.9. The fraction of sp³-hybridized carbons (Fsp3) is 0.469. The van der Waals surface area contributed by atoms with E-state index in [2.05, 4.69) is 36.2 Å². The van der Waals surface area contributed by atoms with E-state index in [1.54, 1.807) is 24.5 Å². The predicted octanol–water partition coefficient (Wildman–Crippen LogP) is 8.93. The summed E-state index contributed by atoms with van der Waals surface area (Å²) in [5.74, 6) is -0.984. The van der Waals surface area contributed by atoms with Crippen LogP contribution in [-0.2, 0) is 30.5 Å². The SMILES string of the molecule is COC(=O)Nc1cc(-c2ccc3nc(NC(=O)CCCCCCCCCCC(=O)N[C@H](C(=O)N4C[C@H](O)C[C@H]4C(=O)NCc4ccc(-c5scnc5C)cc4)C(C)(C)C)sc3c2)cnc1C. The zero-order valence-corrected chi connectivity index (χ0v) is 40.3. The van der Waals surface area contributed by atoms with Crippen LogP contribution in [-0.4, -0.2) is 86.5 Å². The number of nitrogens with one attached hydrogen (secondary N) is 4. The summed E-state index contributed by atoms with van der Waals surface area (Å²) in [6.07, 6.45) is 8.56. The third kappa shape index (κ3) is 13.6. The van der Waals surface area contributed by atoms with Crippen molar-refractivity contribution in [3.05, 3.63) is 77.2 Å². The largest absolute Gasteiger partial charge is 0.453 e. The second-order valence-electron chi connectivity index (χ2n) is 18.0. The third-order valence-corrected chi connectivity index (χ3v) is 13.7. The summed E-state index contributed by atoms with van der Waals surface area (Å²) >= 11 is 2.99. The minimum atomic E-state index is -0.860. The number of fused-ring (bicyclic) bond motifs is 1. The fourth-order valence-corrected chi connectivity index (χ4v) is 9.70. The van der Waals surface area contributed by atoms with E-state index >= 15 is 0 Å². The molecule has 1 fully saturated rings. The van der Waals surface area contributed by atoms with Gasteiger partial charge >= 0.3 is 6.09 Å². The van der Waals surface area contributed by atoms with Crippen molar-refractivity contribution in [2.75, 3.05) is 24.3 Å². The van der Waals surface area contributed by atoms with Gasteiger partial charge < -0.3 is 30.7 Å². The number of aliphatic hydroxyl groups is 1. The summed E-state index contributed by atoms with van der Waals surface area (Å²) in [5.41, 5.74) is 7.89. The van der Waals surface area contributed by atoms with E-state index < -0.39 is 29.7 Å². The Balaban J connectivity index is 0.855. The molecule has 0 aliphatic carbocycles. The molecule has 2 aromatic carbocycles. The van der Waals surface area contributed by atoms with E-state index in [1.807, 2.05) is 81.7 Å². The van der Waals surface area contributed by atoms with Gasteiger partial charge in [-0.15, -0.1) is 11.3 Å². The number of ether oxygens (including phenoxy) is 1. The number of rotatable bonds is 20. The Morgan fingerprint density at radius 2 is 1.50 bits per heavy atom. The number of benzene rings is 2. The quantitative estimate of drug-likeness (QED) is 0.0469. The third-order valence-electron chi connectivity index (χ3n) is 11.7. The number of β-amino-alcohol motifs (C(OH)–C–C–N with tert-alkyl or cyclic N) is 1. The highest BCUT2D eigenvalue weighted by molar-refractivity contribution is 7.22. The number of methoxy groups -OCH3 is 1. The Kier molecular flexibility index (Phi) is 17.4. The molecule has 6 rings (SSSR count). The number of hydrogen-bond acceptors (Lipinski definition) is 12. The summed E-state index contributed by atoms with van der Waals surface area (Å²) in [6.45, 7) is 9.74. The first kappa shape index (κ1) is 49.6. The number of aliphatic hydroxyl groups excluding tert-OH is 1. The minimum Gasteiger partial charge on any atom is -0.453 e. The van der Waals surface area contributed by atoms with Crippen molar-refractivity contribution >= 4 is 73.4 Å². The predicted molar refractivity (Wildman–Crippen MR) is 260 cm³/mol. The number of carbonyl (C=O) groups is 5. The Hall–Kier alpha value is -5.78. The molecule has 5 aromatic rings. The molecule has 4 heterocycles. The summed E-state index contributed by atoms with van der Waals surface area (Å²) in [5, 5.41) is 22.7. The molecule has 0 saturated carbocycles. The Morgan fingerprint density at radius 1 is 0.833 bits per heavy atom. The number of anilines is 2. The van der Waals surface area contributed by atoms with E-state index in [0.29, 0.717) is 35.8 Å². The van der Waals surface area contributed by atoms with Crippen LogP contribution >= 0.6 is 22.7 Å². The molecule has 1 aliphatic heterocycles. The molecule has 0 bridgehead atoms. The molecule has 5 N–H and O–H groups in total. The zero-order valence-electron chi connectivity index (χ0n) is 38.7.